The molecule has 1 amide bonds. The first-order valence-electron chi connectivity index (χ1n) is 4.52. The number of benzene rings is 1. The van der Waals surface area contributed by atoms with Crippen molar-refractivity contribution in [1.29, 1.82) is 5.26 Å². The number of ether oxygens (including phenoxy) is 1. The van der Waals surface area contributed by atoms with Gasteiger partial charge in [0.25, 0.3) is 0 Å². The van der Waals surface area contributed by atoms with Crippen LogP contribution in [-0.2, 0) is 9.53 Å². The van der Waals surface area contributed by atoms with Crippen molar-refractivity contribution >= 4 is 17.6 Å². The molecule has 0 aliphatic heterocycles. The van der Waals surface area contributed by atoms with Crippen molar-refractivity contribution in [3.8, 4) is 6.07 Å². The molecule has 5 heteroatoms. The third kappa shape index (κ3) is 3.10. The number of carbonyl (C=O) groups is 2. The predicted molar refractivity (Wildman–Crippen MR) is 56.6 cm³/mol. The van der Waals surface area contributed by atoms with E-state index >= 15 is 0 Å². The summed E-state index contributed by atoms with van der Waals surface area (Å²) in [6, 6.07) is 7.95. The zero-order valence-electron chi connectivity index (χ0n) is 8.69. The van der Waals surface area contributed by atoms with E-state index in [1.165, 1.54) is 19.2 Å². The molecule has 0 saturated carbocycles. The van der Waals surface area contributed by atoms with E-state index in [9.17, 15) is 9.59 Å². The summed E-state index contributed by atoms with van der Waals surface area (Å²) in [5.74, 6) is -0.816. The summed E-state index contributed by atoms with van der Waals surface area (Å²) in [6.45, 7) is 0. The second-order valence-electron chi connectivity index (χ2n) is 2.95. The highest BCUT2D eigenvalue weighted by atomic mass is 16.5. The topological polar surface area (TPSA) is 79.2 Å². The van der Waals surface area contributed by atoms with Crippen molar-refractivity contribution in [1.82, 2.24) is 0 Å². The van der Waals surface area contributed by atoms with Crippen molar-refractivity contribution in [2.24, 2.45) is 0 Å². The van der Waals surface area contributed by atoms with Crippen molar-refractivity contribution in [3.05, 3.63) is 29.8 Å². The lowest BCUT2D eigenvalue weighted by molar-refractivity contribution is -0.115. The maximum atomic E-state index is 11.1. The van der Waals surface area contributed by atoms with Gasteiger partial charge < -0.3 is 10.1 Å². The Morgan fingerprint density at radius 3 is 2.50 bits per heavy atom. The van der Waals surface area contributed by atoms with Crippen LogP contribution in [0.5, 0.6) is 0 Å². The van der Waals surface area contributed by atoms with Crippen molar-refractivity contribution < 1.29 is 14.3 Å². The number of carbonyl (C=O) groups excluding carboxylic acids is 2. The van der Waals surface area contributed by atoms with E-state index in [1.54, 1.807) is 18.2 Å². The van der Waals surface area contributed by atoms with E-state index in [4.69, 9.17) is 5.26 Å². The van der Waals surface area contributed by atoms with Gasteiger partial charge >= 0.3 is 5.97 Å². The third-order valence-electron chi connectivity index (χ3n) is 1.83. The lowest BCUT2D eigenvalue weighted by Crippen LogP contribution is -2.10. The molecule has 0 saturated heterocycles. The van der Waals surface area contributed by atoms with Gasteiger partial charge in [0.05, 0.1) is 18.7 Å². The Labute approximate surface area is 92.6 Å². The molecule has 5 nitrogen and oxygen atoms in total. The molecule has 0 fully saturated rings. The first-order valence-corrected chi connectivity index (χ1v) is 4.52. The second kappa shape index (κ2) is 5.51. The molecule has 0 radical (unpaired) electrons. The van der Waals surface area contributed by atoms with Crippen LogP contribution in [0.25, 0.3) is 0 Å². The third-order valence-corrected chi connectivity index (χ3v) is 1.83. The number of nitriles is 1. The Morgan fingerprint density at radius 1 is 1.38 bits per heavy atom. The molecule has 0 bridgehead atoms. The Balaban J connectivity index is 2.69. The van der Waals surface area contributed by atoms with E-state index < -0.39 is 5.97 Å². The highest BCUT2D eigenvalue weighted by molar-refractivity contribution is 5.93. The lowest BCUT2D eigenvalue weighted by atomic mass is 10.2. The molecule has 82 valence electrons. The molecule has 0 aliphatic carbocycles. The normalized spacial score (nSPS) is 9.00. The first kappa shape index (κ1) is 11.7. The van der Waals surface area contributed by atoms with Crippen molar-refractivity contribution in [2.45, 2.75) is 6.42 Å². The average molecular weight is 218 g/mol. The van der Waals surface area contributed by atoms with Gasteiger partial charge in [0.15, 0.2) is 0 Å². The fourth-order valence-electron chi connectivity index (χ4n) is 1.08. The minimum Gasteiger partial charge on any atom is -0.465 e. The summed E-state index contributed by atoms with van der Waals surface area (Å²) in [7, 11) is 1.30. The standard InChI is InChI=1S/C11H10N2O3/c1-16-11(15)8-2-4-9(5-3-8)13-10(14)6-7-12/h2-5H,6H2,1H3,(H,13,14). The Morgan fingerprint density at radius 2 is 2.00 bits per heavy atom. The number of rotatable bonds is 3. The minimum absolute atomic E-state index is 0.196. The number of nitrogens with zero attached hydrogens (tertiary/aromatic N) is 1. The van der Waals surface area contributed by atoms with Crippen LogP contribution in [0.2, 0.25) is 0 Å². The Hall–Kier alpha value is -2.35. The van der Waals surface area contributed by atoms with Crippen LogP contribution < -0.4 is 5.32 Å². The monoisotopic (exact) mass is 218 g/mol. The number of amides is 1. The molecule has 0 aliphatic rings. The number of anilines is 1. The molecule has 0 atom stereocenters. The van der Waals surface area contributed by atoms with Crippen LogP contribution in [0, 0.1) is 11.3 Å². The molecule has 1 N–H and O–H groups in total. The zero-order valence-corrected chi connectivity index (χ0v) is 8.69. The summed E-state index contributed by atoms with van der Waals surface area (Å²) in [5, 5.41) is 10.8. The number of nitrogens with one attached hydrogen (secondary N) is 1. The molecule has 16 heavy (non-hydrogen) atoms. The Bertz CT molecular complexity index is 432. The van der Waals surface area contributed by atoms with Gasteiger partial charge in [0.1, 0.15) is 6.42 Å². The average Bonchev–Trinajstić information content (AvgIpc) is 2.29. The largest absolute Gasteiger partial charge is 0.465 e. The number of methoxy groups -OCH3 is 1. The van der Waals surface area contributed by atoms with Gasteiger partial charge in [-0.15, -0.1) is 0 Å². The fraction of sp³-hybridized carbons (Fsp3) is 0.182. The van der Waals surface area contributed by atoms with Crippen LogP contribution in [0.1, 0.15) is 16.8 Å². The van der Waals surface area contributed by atoms with Crippen LogP contribution in [0.15, 0.2) is 24.3 Å². The summed E-state index contributed by atoms with van der Waals surface area (Å²) < 4.78 is 4.53. The van der Waals surface area contributed by atoms with Gasteiger partial charge in [0, 0.05) is 5.69 Å². The minimum atomic E-state index is -0.435. The number of hydrogen-bond acceptors (Lipinski definition) is 4. The molecular formula is C11H10N2O3. The predicted octanol–water partition coefficient (Wildman–Crippen LogP) is 1.33. The van der Waals surface area contributed by atoms with Gasteiger partial charge in [0.2, 0.25) is 5.91 Å². The fourth-order valence-corrected chi connectivity index (χ4v) is 1.08. The molecule has 0 spiro atoms. The van der Waals surface area contributed by atoms with Crippen LogP contribution in [0.3, 0.4) is 0 Å². The maximum Gasteiger partial charge on any atom is 0.337 e. The van der Waals surface area contributed by atoms with Crippen LogP contribution in [0.4, 0.5) is 5.69 Å². The van der Waals surface area contributed by atoms with Crippen molar-refractivity contribution in [2.75, 3.05) is 12.4 Å². The number of hydrogen-bond donors (Lipinski definition) is 1. The zero-order chi connectivity index (χ0) is 12.0. The van der Waals surface area contributed by atoms with Crippen LogP contribution >= 0.6 is 0 Å². The summed E-state index contributed by atoms with van der Waals surface area (Å²) in [4.78, 5) is 22.2. The van der Waals surface area contributed by atoms with Crippen LogP contribution in [-0.4, -0.2) is 19.0 Å². The van der Waals surface area contributed by atoms with E-state index in [-0.39, 0.29) is 12.3 Å². The molecule has 0 heterocycles. The summed E-state index contributed by atoms with van der Waals surface area (Å²) in [5.41, 5.74) is 0.939. The van der Waals surface area contributed by atoms with E-state index in [1.807, 2.05) is 0 Å². The highest BCUT2D eigenvalue weighted by Gasteiger charge is 2.05. The van der Waals surface area contributed by atoms with Gasteiger partial charge in [-0.05, 0) is 24.3 Å². The van der Waals surface area contributed by atoms with E-state index in [2.05, 4.69) is 10.1 Å². The second-order valence-corrected chi connectivity index (χ2v) is 2.95. The molecule has 1 aromatic carbocycles. The molecule has 0 unspecified atom stereocenters. The highest BCUT2D eigenvalue weighted by Crippen LogP contribution is 2.10. The maximum absolute atomic E-state index is 11.1. The molecule has 1 rings (SSSR count). The molecular weight excluding hydrogens is 208 g/mol. The lowest BCUT2D eigenvalue weighted by Gasteiger charge is -2.03. The van der Waals surface area contributed by atoms with E-state index in [0.717, 1.165) is 0 Å². The quantitative estimate of drug-likeness (QED) is 0.776. The van der Waals surface area contributed by atoms with E-state index in [0.29, 0.717) is 11.3 Å². The van der Waals surface area contributed by atoms with Gasteiger partial charge in [-0.3, -0.25) is 4.79 Å². The smallest absolute Gasteiger partial charge is 0.337 e. The number of esters is 1. The first-order chi connectivity index (χ1) is 7.67. The molecule has 0 aromatic heterocycles. The summed E-state index contributed by atoms with van der Waals surface area (Å²) in [6.07, 6.45) is -0.196. The molecule has 1 aromatic rings. The Kier molecular flexibility index (Phi) is 4.04. The summed E-state index contributed by atoms with van der Waals surface area (Å²) >= 11 is 0. The van der Waals surface area contributed by atoms with Gasteiger partial charge in [-0.2, -0.15) is 5.26 Å². The van der Waals surface area contributed by atoms with Crippen molar-refractivity contribution in [3.63, 3.8) is 0 Å². The van der Waals surface area contributed by atoms with Gasteiger partial charge in [-0.25, -0.2) is 4.79 Å². The van der Waals surface area contributed by atoms with Gasteiger partial charge in [-0.1, -0.05) is 0 Å². The SMILES string of the molecule is COC(=O)c1ccc(NC(=O)CC#N)cc1.